The van der Waals surface area contributed by atoms with Crippen LogP contribution in [0.3, 0.4) is 0 Å². The highest BCUT2D eigenvalue weighted by Crippen LogP contribution is 2.45. The SMILES string of the molecule is CN=C(NCCNS(=O)(=O)c1cccnc1)N1CCC2(CCCC2)C1. The Labute approximate surface area is 150 Å². The maximum atomic E-state index is 12.2. The van der Waals surface area contributed by atoms with Gasteiger partial charge in [-0.25, -0.2) is 13.1 Å². The van der Waals surface area contributed by atoms with E-state index in [1.165, 1.54) is 44.4 Å². The number of nitrogens with one attached hydrogen (secondary N) is 2. The Hall–Kier alpha value is -1.67. The fourth-order valence-electron chi connectivity index (χ4n) is 3.93. The van der Waals surface area contributed by atoms with Crippen molar-refractivity contribution in [3.05, 3.63) is 24.5 Å². The fraction of sp³-hybridized carbons (Fsp3) is 0.647. The molecule has 1 aromatic heterocycles. The van der Waals surface area contributed by atoms with Gasteiger partial charge in [0, 0.05) is 45.6 Å². The van der Waals surface area contributed by atoms with Gasteiger partial charge in [-0.15, -0.1) is 0 Å². The monoisotopic (exact) mass is 365 g/mol. The van der Waals surface area contributed by atoms with Crippen molar-refractivity contribution in [2.45, 2.75) is 37.0 Å². The Morgan fingerprint density at radius 3 is 2.80 bits per heavy atom. The Morgan fingerprint density at radius 2 is 2.12 bits per heavy atom. The average molecular weight is 366 g/mol. The molecule has 0 radical (unpaired) electrons. The number of pyridine rings is 1. The molecule has 2 aliphatic rings. The minimum Gasteiger partial charge on any atom is -0.355 e. The number of rotatable bonds is 5. The van der Waals surface area contributed by atoms with Crippen molar-refractivity contribution in [3.8, 4) is 0 Å². The van der Waals surface area contributed by atoms with Crippen LogP contribution in [-0.4, -0.2) is 57.5 Å². The van der Waals surface area contributed by atoms with Crippen molar-refractivity contribution >= 4 is 16.0 Å². The summed E-state index contributed by atoms with van der Waals surface area (Å²) >= 11 is 0. The maximum absolute atomic E-state index is 12.2. The molecule has 2 heterocycles. The highest BCUT2D eigenvalue weighted by atomic mass is 32.2. The van der Waals surface area contributed by atoms with Gasteiger partial charge in [0.1, 0.15) is 4.90 Å². The van der Waals surface area contributed by atoms with Gasteiger partial charge in [-0.1, -0.05) is 12.8 Å². The lowest BCUT2D eigenvalue weighted by atomic mass is 9.86. The van der Waals surface area contributed by atoms with Crippen LogP contribution in [0.25, 0.3) is 0 Å². The highest BCUT2D eigenvalue weighted by Gasteiger charge is 2.41. The number of aliphatic imine (C=N–C) groups is 1. The van der Waals surface area contributed by atoms with Crippen molar-refractivity contribution in [1.82, 2.24) is 19.9 Å². The van der Waals surface area contributed by atoms with E-state index in [-0.39, 0.29) is 4.90 Å². The lowest BCUT2D eigenvalue weighted by molar-refractivity contribution is 0.309. The minimum absolute atomic E-state index is 0.183. The average Bonchev–Trinajstić information content (AvgIpc) is 3.26. The topological polar surface area (TPSA) is 86.7 Å². The van der Waals surface area contributed by atoms with Crippen LogP contribution in [-0.2, 0) is 10.0 Å². The molecule has 1 spiro atoms. The summed E-state index contributed by atoms with van der Waals surface area (Å²) in [7, 11) is -1.73. The first-order chi connectivity index (χ1) is 12.0. The molecule has 1 saturated carbocycles. The van der Waals surface area contributed by atoms with E-state index in [0.29, 0.717) is 18.5 Å². The predicted octanol–water partition coefficient (Wildman–Crippen LogP) is 1.20. The molecule has 3 rings (SSSR count). The Bertz CT molecular complexity index is 699. The minimum atomic E-state index is -3.51. The van der Waals surface area contributed by atoms with E-state index in [1.807, 2.05) is 0 Å². The number of nitrogens with zero attached hydrogens (tertiary/aromatic N) is 3. The van der Waals surface area contributed by atoms with Crippen molar-refractivity contribution in [1.29, 1.82) is 0 Å². The zero-order valence-electron chi connectivity index (χ0n) is 14.7. The molecular weight excluding hydrogens is 338 g/mol. The van der Waals surface area contributed by atoms with Gasteiger partial charge in [-0.2, -0.15) is 0 Å². The molecule has 1 aliphatic heterocycles. The molecule has 25 heavy (non-hydrogen) atoms. The number of hydrogen-bond donors (Lipinski definition) is 2. The molecule has 138 valence electrons. The molecule has 1 aliphatic carbocycles. The smallest absolute Gasteiger partial charge is 0.242 e. The second kappa shape index (κ2) is 7.70. The van der Waals surface area contributed by atoms with Gasteiger partial charge in [-0.05, 0) is 36.8 Å². The Balaban J connectivity index is 1.46. The normalized spacial score (nSPS) is 20.4. The summed E-state index contributed by atoms with van der Waals surface area (Å²) in [5, 5.41) is 3.28. The van der Waals surface area contributed by atoms with Crippen LogP contribution in [0.1, 0.15) is 32.1 Å². The molecule has 1 saturated heterocycles. The van der Waals surface area contributed by atoms with Gasteiger partial charge in [0.25, 0.3) is 0 Å². The highest BCUT2D eigenvalue weighted by molar-refractivity contribution is 7.89. The fourth-order valence-corrected chi connectivity index (χ4v) is 4.93. The molecule has 0 unspecified atom stereocenters. The molecular formula is C17H27N5O2S. The summed E-state index contributed by atoms with van der Waals surface area (Å²) in [6, 6.07) is 3.15. The van der Waals surface area contributed by atoms with Crippen LogP contribution < -0.4 is 10.0 Å². The van der Waals surface area contributed by atoms with Gasteiger partial charge in [0.05, 0.1) is 0 Å². The van der Waals surface area contributed by atoms with Crippen LogP contribution in [0.15, 0.2) is 34.4 Å². The lowest BCUT2D eigenvalue weighted by Crippen LogP contribution is -2.43. The van der Waals surface area contributed by atoms with E-state index in [1.54, 1.807) is 19.3 Å². The number of sulfonamides is 1. The largest absolute Gasteiger partial charge is 0.355 e. The van der Waals surface area contributed by atoms with Crippen LogP contribution >= 0.6 is 0 Å². The predicted molar refractivity (Wildman–Crippen MR) is 97.9 cm³/mol. The second-order valence-electron chi connectivity index (χ2n) is 6.94. The van der Waals surface area contributed by atoms with Crippen molar-refractivity contribution in [3.63, 3.8) is 0 Å². The number of aromatic nitrogens is 1. The molecule has 2 fully saturated rings. The first-order valence-electron chi connectivity index (χ1n) is 8.90. The molecule has 8 heteroatoms. The van der Waals surface area contributed by atoms with Gasteiger partial charge >= 0.3 is 0 Å². The summed E-state index contributed by atoms with van der Waals surface area (Å²) in [6.45, 7) is 2.89. The van der Waals surface area contributed by atoms with Crippen LogP contribution in [0, 0.1) is 5.41 Å². The third kappa shape index (κ3) is 4.30. The van der Waals surface area contributed by atoms with Crippen LogP contribution in [0.5, 0.6) is 0 Å². The third-order valence-electron chi connectivity index (χ3n) is 5.26. The standard InChI is InChI=1S/C17H27N5O2S/c1-18-16(22-12-8-17(14-22)6-2-3-7-17)20-10-11-21-25(23,24)15-5-4-9-19-13-15/h4-5,9,13,21H,2-3,6-8,10-12,14H2,1H3,(H,18,20). The summed E-state index contributed by atoms with van der Waals surface area (Å²) in [4.78, 5) is 10.7. The number of likely N-dealkylation sites (tertiary alicyclic amines) is 1. The number of hydrogen-bond acceptors (Lipinski definition) is 4. The van der Waals surface area contributed by atoms with Crippen molar-refractivity contribution in [2.75, 3.05) is 33.2 Å². The van der Waals surface area contributed by atoms with Gasteiger partial charge in [0.2, 0.25) is 10.0 Å². The third-order valence-corrected chi connectivity index (χ3v) is 6.71. The maximum Gasteiger partial charge on any atom is 0.242 e. The van der Waals surface area contributed by atoms with Crippen molar-refractivity contribution < 1.29 is 8.42 Å². The zero-order chi connectivity index (χ0) is 17.8. The summed E-state index contributed by atoms with van der Waals surface area (Å²) in [5.74, 6) is 0.865. The Morgan fingerprint density at radius 1 is 1.32 bits per heavy atom. The summed E-state index contributed by atoms with van der Waals surface area (Å²) in [5.41, 5.74) is 0.486. The second-order valence-corrected chi connectivity index (χ2v) is 8.71. The van der Waals surface area contributed by atoms with Crippen LogP contribution in [0.2, 0.25) is 0 Å². The van der Waals surface area contributed by atoms with E-state index in [0.717, 1.165) is 19.0 Å². The zero-order valence-corrected chi connectivity index (χ0v) is 15.6. The van der Waals surface area contributed by atoms with E-state index in [2.05, 4.69) is 24.9 Å². The quantitative estimate of drug-likeness (QED) is 0.465. The number of guanidine groups is 1. The summed E-state index contributed by atoms with van der Waals surface area (Å²) in [6.07, 6.45) is 9.47. The van der Waals surface area contributed by atoms with E-state index in [9.17, 15) is 8.42 Å². The summed E-state index contributed by atoms with van der Waals surface area (Å²) < 4.78 is 26.9. The first kappa shape index (κ1) is 18.1. The van der Waals surface area contributed by atoms with Crippen LogP contribution in [0.4, 0.5) is 0 Å². The first-order valence-corrected chi connectivity index (χ1v) is 10.4. The van der Waals surface area contributed by atoms with E-state index < -0.39 is 10.0 Å². The van der Waals surface area contributed by atoms with Gasteiger partial charge in [-0.3, -0.25) is 9.98 Å². The molecule has 2 N–H and O–H groups in total. The molecule has 7 nitrogen and oxygen atoms in total. The van der Waals surface area contributed by atoms with E-state index >= 15 is 0 Å². The van der Waals surface area contributed by atoms with Gasteiger partial charge < -0.3 is 10.2 Å². The van der Waals surface area contributed by atoms with Gasteiger partial charge in [0.15, 0.2) is 5.96 Å². The molecule has 0 amide bonds. The van der Waals surface area contributed by atoms with Crippen molar-refractivity contribution in [2.24, 2.45) is 10.4 Å². The molecule has 1 aromatic rings. The lowest BCUT2D eigenvalue weighted by Gasteiger charge is -2.25. The molecule has 0 bridgehead atoms. The Kier molecular flexibility index (Phi) is 5.58. The molecule has 0 atom stereocenters. The molecule has 0 aromatic carbocycles. The van der Waals surface area contributed by atoms with E-state index in [4.69, 9.17) is 0 Å².